The summed E-state index contributed by atoms with van der Waals surface area (Å²) in [5.41, 5.74) is 2.02. The number of aliphatic hydroxyl groups excluding tert-OH is 1. The van der Waals surface area contributed by atoms with Crippen molar-refractivity contribution in [2.24, 2.45) is 5.92 Å². The molecule has 1 saturated heterocycles. The second-order valence-electron chi connectivity index (χ2n) is 8.55. The summed E-state index contributed by atoms with van der Waals surface area (Å²) in [5.74, 6) is 0.521. The molecule has 0 aliphatic carbocycles. The Morgan fingerprint density at radius 1 is 1.26 bits per heavy atom. The fourth-order valence-electron chi connectivity index (χ4n) is 4.33. The first-order valence-electron chi connectivity index (χ1n) is 11.3. The van der Waals surface area contributed by atoms with E-state index in [-0.39, 0.29) is 24.0 Å². The number of aliphatic hydroxyl groups is 1. The van der Waals surface area contributed by atoms with Gasteiger partial charge in [-0.25, -0.2) is 4.98 Å². The van der Waals surface area contributed by atoms with E-state index in [0.29, 0.717) is 73.6 Å². The predicted molar refractivity (Wildman–Crippen MR) is 124 cm³/mol. The molecule has 0 bridgehead atoms. The fourth-order valence-corrected chi connectivity index (χ4v) is 4.33. The summed E-state index contributed by atoms with van der Waals surface area (Å²) in [7, 11) is 1.52. The summed E-state index contributed by atoms with van der Waals surface area (Å²) in [4.78, 5) is 34.6. The summed E-state index contributed by atoms with van der Waals surface area (Å²) in [6.45, 7) is 3.16. The number of methoxy groups -OCH3 is 1. The van der Waals surface area contributed by atoms with Gasteiger partial charge in [-0.15, -0.1) is 5.10 Å². The Kier molecular flexibility index (Phi) is 6.53. The average molecular weight is 483 g/mol. The van der Waals surface area contributed by atoms with Crippen molar-refractivity contribution in [2.45, 2.75) is 19.2 Å². The molecule has 2 aliphatic rings. The lowest BCUT2D eigenvalue weighted by atomic mass is 10.1. The van der Waals surface area contributed by atoms with Gasteiger partial charge in [-0.05, 0) is 12.1 Å². The van der Waals surface area contributed by atoms with Gasteiger partial charge in [-0.1, -0.05) is 0 Å². The molecule has 1 amide bonds. The highest BCUT2D eigenvalue weighted by molar-refractivity contribution is 5.94. The molecule has 2 aliphatic heterocycles. The Balaban J connectivity index is 1.16. The lowest BCUT2D eigenvalue weighted by Gasteiger charge is -2.18. The third-order valence-electron chi connectivity index (χ3n) is 6.13. The Morgan fingerprint density at radius 3 is 3.00 bits per heavy atom. The highest BCUT2D eigenvalue weighted by atomic mass is 16.5. The molecular weight excluding hydrogens is 456 g/mol. The smallest absolute Gasteiger partial charge is 0.270 e. The van der Waals surface area contributed by atoms with Crippen molar-refractivity contribution in [3.05, 3.63) is 40.4 Å². The molecule has 2 atom stereocenters. The van der Waals surface area contributed by atoms with Crippen molar-refractivity contribution in [1.29, 1.82) is 0 Å². The maximum Gasteiger partial charge on any atom is 0.270 e. The van der Waals surface area contributed by atoms with Crippen LogP contribution in [0.5, 0.6) is 11.8 Å². The van der Waals surface area contributed by atoms with Gasteiger partial charge in [0, 0.05) is 51.3 Å². The second kappa shape index (κ2) is 9.90. The summed E-state index contributed by atoms with van der Waals surface area (Å²) in [5, 5.41) is 24.7. The first-order valence-corrected chi connectivity index (χ1v) is 11.3. The number of hydrogen-bond acceptors (Lipinski definition) is 11. The van der Waals surface area contributed by atoms with Crippen LogP contribution in [0.25, 0.3) is 11.2 Å². The van der Waals surface area contributed by atoms with Gasteiger partial charge in [0.1, 0.15) is 11.2 Å². The van der Waals surface area contributed by atoms with Crippen LogP contribution in [0.2, 0.25) is 0 Å². The number of nitrogens with zero attached hydrogens (tertiary/aromatic N) is 6. The number of pyridine rings is 1. The Labute approximate surface area is 200 Å². The minimum atomic E-state index is -0.492. The van der Waals surface area contributed by atoms with Gasteiger partial charge in [0.25, 0.3) is 17.3 Å². The topological polar surface area (TPSA) is 157 Å². The van der Waals surface area contributed by atoms with Gasteiger partial charge in [0.2, 0.25) is 5.88 Å². The molecule has 0 radical (unpaired) electrons. The lowest BCUT2D eigenvalue weighted by molar-refractivity contribution is -0.118. The first-order chi connectivity index (χ1) is 17.0. The average Bonchev–Trinajstić information content (AvgIpc) is 3.21. The monoisotopic (exact) mass is 482 g/mol. The Morgan fingerprint density at radius 2 is 2.14 bits per heavy atom. The normalized spacial score (nSPS) is 19.9. The minimum Gasteiger partial charge on any atom is -0.481 e. The molecule has 0 saturated carbocycles. The SMILES string of the molecule is COc1ccc2ncc(=O)n(CCN3C[C@H](CNCc4cc5c(nn4)OCC(=O)N5)[C@H](O)C3)c2n1. The van der Waals surface area contributed by atoms with E-state index in [2.05, 4.69) is 35.7 Å². The summed E-state index contributed by atoms with van der Waals surface area (Å²) < 4.78 is 12.0. The van der Waals surface area contributed by atoms with Crippen LogP contribution in [0.15, 0.2) is 29.2 Å². The van der Waals surface area contributed by atoms with Crippen molar-refractivity contribution in [3.8, 4) is 11.8 Å². The maximum atomic E-state index is 12.4. The minimum absolute atomic E-state index is 0.0211. The van der Waals surface area contributed by atoms with Crippen LogP contribution in [0.4, 0.5) is 5.69 Å². The zero-order valence-corrected chi connectivity index (χ0v) is 19.2. The maximum absolute atomic E-state index is 12.4. The molecule has 35 heavy (non-hydrogen) atoms. The van der Waals surface area contributed by atoms with E-state index in [4.69, 9.17) is 9.47 Å². The highest BCUT2D eigenvalue weighted by Crippen LogP contribution is 2.24. The number of fused-ring (bicyclic) bond motifs is 2. The van der Waals surface area contributed by atoms with Crippen LogP contribution in [0.1, 0.15) is 5.69 Å². The van der Waals surface area contributed by atoms with E-state index in [0.717, 1.165) is 0 Å². The Hall–Kier alpha value is -3.68. The molecule has 184 valence electrons. The molecule has 5 heterocycles. The molecule has 0 aromatic carbocycles. The van der Waals surface area contributed by atoms with E-state index in [1.807, 2.05) is 0 Å². The largest absolute Gasteiger partial charge is 0.481 e. The second-order valence-corrected chi connectivity index (χ2v) is 8.55. The van der Waals surface area contributed by atoms with Crippen LogP contribution in [0.3, 0.4) is 0 Å². The summed E-state index contributed by atoms with van der Waals surface area (Å²) >= 11 is 0. The van der Waals surface area contributed by atoms with Gasteiger partial charge >= 0.3 is 0 Å². The van der Waals surface area contributed by atoms with E-state index in [9.17, 15) is 14.7 Å². The van der Waals surface area contributed by atoms with Crippen LogP contribution >= 0.6 is 0 Å². The van der Waals surface area contributed by atoms with Crippen molar-refractivity contribution in [1.82, 2.24) is 34.9 Å². The highest BCUT2D eigenvalue weighted by Gasteiger charge is 2.31. The zero-order valence-electron chi connectivity index (χ0n) is 19.2. The number of carbonyl (C=O) groups excluding carboxylic acids is 1. The van der Waals surface area contributed by atoms with Gasteiger partial charge in [0.05, 0.1) is 25.1 Å². The van der Waals surface area contributed by atoms with Gasteiger partial charge in [-0.3, -0.25) is 19.1 Å². The molecular formula is C22H26N8O5. The van der Waals surface area contributed by atoms with E-state index < -0.39 is 6.10 Å². The van der Waals surface area contributed by atoms with E-state index in [1.54, 1.807) is 22.8 Å². The van der Waals surface area contributed by atoms with Gasteiger partial charge in [-0.2, -0.15) is 10.1 Å². The molecule has 5 rings (SSSR count). The number of nitrogens with one attached hydrogen (secondary N) is 2. The van der Waals surface area contributed by atoms with Crippen LogP contribution in [0, 0.1) is 5.92 Å². The fraction of sp³-hybridized carbons (Fsp3) is 0.455. The molecule has 0 unspecified atom stereocenters. The molecule has 3 aromatic heterocycles. The van der Waals surface area contributed by atoms with Crippen LogP contribution < -0.4 is 25.7 Å². The number of β-amino-alcohol motifs (C(OH)–C–C–N with tert-alkyl or cyclic N) is 1. The number of aromatic nitrogens is 5. The van der Waals surface area contributed by atoms with Gasteiger partial charge < -0.3 is 25.2 Å². The number of ether oxygens (including phenoxy) is 2. The molecule has 1 fully saturated rings. The molecule has 13 nitrogen and oxygen atoms in total. The van der Waals surface area contributed by atoms with E-state index in [1.165, 1.54) is 13.3 Å². The summed E-state index contributed by atoms with van der Waals surface area (Å²) in [6.07, 6.45) is 0.803. The van der Waals surface area contributed by atoms with Crippen molar-refractivity contribution >= 4 is 22.8 Å². The number of rotatable bonds is 8. The van der Waals surface area contributed by atoms with Crippen LogP contribution in [-0.2, 0) is 17.9 Å². The number of amides is 1. The first kappa shape index (κ1) is 23.1. The molecule has 3 aromatic rings. The Bertz CT molecular complexity index is 1300. The number of likely N-dealkylation sites (tertiary alicyclic amines) is 1. The third-order valence-corrected chi connectivity index (χ3v) is 6.13. The third kappa shape index (κ3) is 5.06. The number of anilines is 1. The van der Waals surface area contributed by atoms with Gasteiger partial charge in [0.15, 0.2) is 12.3 Å². The number of hydrogen-bond donors (Lipinski definition) is 3. The quantitative estimate of drug-likeness (QED) is 0.362. The van der Waals surface area contributed by atoms with Crippen molar-refractivity contribution in [2.75, 3.05) is 45.2 Å². The zero-order chi connectivity index (χ0) is 24.4. The number of carbonyl (C=O) groups is 1. The predicted octanol–water partition coefficient (Wildman–Crippen LogP) is -0.996. The van der Waals surface area contributed by atoms with Crippen molar-refractivity contribution in [3.63, 3.8) is 0 Å². The summed E-state index contributed by atoms with van der Waals surface area (Å²) in [6, 6.07) is 5.20. The molecule has 13 heteroatoms. The lowest BCUT2D eigenvalue weighted by Crippen LogP contribution is -2.32. The molecule has 3 N–H and O–H groups in total. The van der Waals surface area contributed by atoms with Crippen molar-refractivity contribution < 1.29 is 19.4 Å². The van der Waals surface area contributed by atoms with E-state index >= 15 is 0 Å². The van der Waals surface area contributed by atoms with Crippen LogP contribution in [-0.4, -0.2) is 86.6 Å². The molecule has 0 spiro atoms. The standard InChI is InChI=1S/C22H26N8O5/c1-34-19-3-2-15-21(26-19)30(20(33)9-24-15)5-4-29-10-13(17(31)11-29)7-23-8-14-6-16-22(28-27-14)35-12-18(32)25-16/h2-3,6,9,13,17,23,31H,4-5,7-8,10-12H2,1H3,(H,25,32)/t13-,17+/m0/s1.